The minimum absolute atomic E-state index is 0.177. The number of rotatable bonds is 6. The van der Waals surface area contributed by atoms with Crippen molar-refractivity contribution in [3.05, 3.63) is 36.2 Å². The van der Waals surface area contributed by atoms with Crippen LogP contribution in [0.3, 0.4) is 0 Å². The molecule has 0 aliphatic heterocycles. The van der Waals surface area contributed by atoms with E-state index in [0.717, 1.165) is 31.2 Å². The summed E-state index contributed by atoms with van der Waals surface area (Å²) in [6.07, 6.45) is 3.62. The summed E-state index contributed by atoms with van der Waals surface area (Å²) in [5.41, 5.74) is 0.274. The highest BCUT2D eigenvalue weighted by molar-refractivity contribution is 5.81. The molecule has 1 aliphatic carbocycles. The Kier molecular flexibility index (Phi) is 4.71. The summed E-state index contributed by atoms with van der Waals surface area (Å²) in [5, 5.41) is 7.29. The van der Waals surface area contributed by atoms with Crippen molar-refractivity contribution in [2.45, 2.75) is 44.7 Å². The van der Waals surface area contributed by atoms with Gasteiger partial charge in [0.15, 0.2) is 5.82 Å². The molecule has 2 aromatic rings. The molecule has 1 saturated carbocycles. The van der Waals surface area contributed by atoms with Gasteiger partial charge in [0.05, 0.1) is 13.2 Å². The van der Waals surface area contributed by atoms with E-state index in [9.17, 15) is 4.79 Å². The Balaban J connectivity index is 1.67. The molecule has 0 amide bonds. The smallest absolute Gasteiger partial charge is 0.326 e. The first-order chi connectivity index (χ1) is 11.2. The molecule has 0 atom stereocenters. The lowest BCUT2D eigenvalue weighted by molar-refractivity contribution is -0.151. The molecule has 1 aromatic carbocycles. The number of benzene rings is 1. The van der Waals surface area contributed by atoms with Gasteiger partial charge in [-0.15, -0.1) is 0 Å². The number of ether oxygens (including phenoxy) is 1. The third-order valence-corrected chi connectivity index (χ3v) is 4.20. The van der Waals surface area contributed by atoms with Crippen LogP contribution in [0, 0.1) is 0 Å². The Morgan fingerprint density at radius 2 is 2.04 bits per heavy atom. The van der Waals surface area contributed by atoms with Crippen LogP contribution in [-0.4, -0.2) is 28.3 Å². The molecule has 3 rings (SSSR count). The van der Waals surface area contributed by atoms with Gasteiger partial charge >= 0.3 is 5.97 Å². The van der Waals surface area contributed by atoms with Crippen LogP contribution in [0.5, 0.6) is 0 Å². The van der Waals surface area contributed by atoms with Crippen molar-refractivity contribution < 1.29 is 14.1 Å². The number of carbonyl (C=O) groups excluding carboxylic acids is 1. The van der Waals surface area contributed by atoms with Crippen LogP contribution in [0.1, 0.15) is 38.4 Å². The molecule has 1 fully saturated rings. The normalized spacial score (nSPS) is 16.4. The number of aromatic nitrogens is 2. The number of nitrogens with one attached hydrogen (secondary N) is 1. The molecular weight excluding hydrogens is 294 g/mol. The third kappa shape index (κ3) is 3.42. The van der Waals surface area contributed by atoms with E-state index in [4.69, 9.17) is 9.26 Å². The van der Waals surface area contributed by atoms with Crippen LogP contribution in [0.4, 0.5) is 0 Å². The molecule has 0 spiro atoms. The van der Waals surface area contributed by atoms with Crippen molar-refractivity contribution >= 4 is 5.97 Å². The number of nitrogens with zero attached hydrogens (tertiary/aromatic N) is 2. The molecule has 0 unspecified atom stereocenters. The highest BCUT2D eigenvalue weighted by atomic mass is 16.5. The zero-order valence-electron chi connectivity index (χ0n) is 13.2. The van der Waals surface area contributed by atoms with Crippen LogP contribution >= 0.6 is 0 Å². The third-order valence-electron chi connectivity index (χ3n) is 4.20. The number of hydrogen-bond donors (Lipinski definition) is 1. The molecular formula is C17H21N3O3. The standard InChI is InChI=1S/C17H21N3O3/c1-2-22-16(21)17(10-6-7-11-17)18-12-14-19-15(23-20-14)13-8-4-3-5-9-13/h3-5,8-9,18H,2,6-7,10-12H2,1H3. The molecule has 6 nitrogen and oxygen atoms in total. The first kappa shape index (κ1) is 15.7. The lowest BCUT2D eigenvalue weighted by atomic mass is 9.98. The minimum atomic E-state index is -0.608. The zero-order chi connectivity index (χ0) is 16.1. The number of carbonyl (C=O) groups is 1. The Labute approximate surface area is 135 Å². The molecule has 1 aliphatic rings. The summed E-state index contributed by atoms with van der Waals surface area (Å²) in [7, 11) is 0. The fraction of sp³-hybridized carbons (Fsp3) is 0.471. The Morgan fingerprint density at radius 1 is 1.30 bits per heavy atom. The molecule has 122 valence electrons. The molecule has 6 heteroatoms. The second-order valence-corrected chi connectivity index (χ2v) is 5.75. The molecule has 0 radical (unpaired) electrons. The van der Waals surface area contributed by atoms with Crippen molar-refractivity contribution in [1.29, 1.82) is 0 Å². The summed E-state index contributed by atoms with van der Waals surface area (Å²) in [5.74, 6) is 0.850. The van der Waals surface area contributed by atoms with Crippen LogP contribution in [0.15, 0.2) is 34.9 Å². The van der Waals surface area contributed by atoms with Gasteiger partial charge in [0.25, 0.3) is 5.89 Å². The molecule has 1 heterocycles. The van der Waals surface area contributed by atoms with E-state index in [2.05, 4.69) is 15.5 Å². The average Bonchev–Trinajstić information content (AvgIpc) is 3.24. The van der Waals surface area contributed by atoms with Crippen LogP contribution in [0.25, 0.3) is 11.5 Å². The lowest BCUT2D eigenvalue weighted by Gasteiger charge is -2.27. The molecule has 0 bridgehead atoms. The highest BCUT2D eigenvalue weighted by Crippen LogP contribution is 2.31. The van der Waals surface area contributed by atoms with Gasteiger partial charge in [-0.1, -0.05) is 36.2 Å². The van der Waals surface area contributed by atoms with Crippen LogP contribution < -0.4 is 5.32 Å². The van der Waals surface area contributed by atoms with Gasteiger partial charge in [-0.25, -0.2) is 0 Å². The predicted octanol–water partition coefficient (Wildman–Crippen LogP) is 2.70. The van der Waals surface area contributed by atoms with Gasteiger partial charge in [0, 0.05) is 5.56 Å². The fourth-order valence-electron chi connectivity index (χ4n) is 2.97. The predicted molar refractivity (Wildman–Crippen MR) is 84.4 cm³/mol. The topological polar surface area (TPSA) is 77.2 Å². The quantitative estimate of drug-likeness (QED) is 0.826. The first-order valence-corrected chi connectivity index (χ1v) is 8.04. The SMILES string of the molecule is CCOC(=O)C1(NCc2noc(-c3ccccc3)n2)CCCC1. The average molecular weight is 315 g/mol. The fourth-order valence-corrected chi connectivity index (χ4v) is 2.97. The van der Waals surface area contributed by atoms with Gasteiger partial charge in [-0.05, 0) is 31.9 Å². The van der Waals surface area contributed by atoms with Crippen molar-refractivity contribution in [2.75, 3.05) is 6.61 Å². The largest absolute Gasteiger partial charge is 0.465 e. The zero-order valence-corrected chi connectivity index (χ0v) is 13.2. The summed E-state index contributed by atoms with van der Waals surface area (Å²) in [6, 6.07) is 9.62. The maximum absolute atomic E-state index is 12.3. The van der Waals surface area contributed by atoms with Gasteiger partial charge in [0.2, 0.25) is 0 Å². The highest BCUT2D eigenvalue weighted by Gasteiger charge is 2.42. The molecule has 1 N–H and O–H groups in total. The second-order valence-electron chi connectivity index (χ2n) is 5.75. The number of esters is 1. The lowest BCUT2D eigenvalue weighted by Crippen LogP contribution is -2.50. The van der Waals surface area contributed by atoms with Gasteiger partial charge in [0.1, 0.15) is 5.54 Å². The maximum atomic E-state index is 12.3. The second kappa shape index (κ2) is 6.91. The summed E-state index contributed by atoms with van der Waals surface area (Å²) in [4.78, 5) is 16.7. The van der Waals surface area contributed by atoms with Crippen molar-refractivity contribution in [3.8, 4) is 11.5 Å². The van der Waals surface area contributed by atoms with Crippen molar-refractivity contribution in [1.82, 2.24) is 15.5 Å². The Hall–Kier alpha value is -2.21. The van der Waals surface area contributed by atoms with Crippen molar-refractivity contribution in [3.63, 3.8) is 0 Å². The summed E-state index contributed by atoms with van der Waals surface area (Å²) >= 11 is 0. The summed E-state index contributed by atoms with van der Waals surface area (Å²) < 4.78 is 10.5. The van der Waals surface area contributed by atoms with Gasteiger partial charge < -0.3 is 9.26 Å². The van der Waals surface area contributed by atoms with E-state index in [-0.39, 0.29) is 5.97 Å². The molecule has 0 saturated heterocycles. The van der Waals surface area contributed by atoms with E-state index in [1.54, 1.807) is 0 Å². The Bertz CT molecular complexity index is 648. The van der Waals surface area contributed by atoms with E-state index in [0.29, 0.717) is 24.9 Å². The van der Waals surface area contributed by atoms with E-state index < -0.39 is 5.54 Å². The van der Waals surface area contributed by atoms with Crippen molar-refractivity contribution in [2.24, 2.45) is 0 Å². The van der Waals surface area contributed by atoms with Gasteiger partial charge in [-0.2, -0.15) is 4.98 Å². The first-order valence-electron chi connectivity index (χ1n) is 8.04. The summed E-state index contributed by atoms with van der Waals surface area (Å²) in [6.45, 7) is 2.60. The maximum Gasteiger partial charge on any atom is 0.326 e. The monoisotopic (exact) mass is 315 g/mol. The molecule has 1 aromatic heterocycles. The van der Waals surface area contributed by atoms with E-state index >= 15 is 0 Å². The molecule has 23 heavy (non-hydrogen) atoms. The van der Waals surface area contributed by atoms with E-state index in [1.165, 1.54) is 0 Å². The van der Waals surface area contributed by atoms with Gasteiger partial charge in [-0.3, -0.25) is 10.1 Å². The van der Waals surface area contributed by atoms with Crippen LogP contribution in [-0.2, 0) is 16.1 Å². The van der Waals surface area contributed by atoms with Crippen LogP contribution in [0.2, 0.25) is 0 Å². The number of hydrogen-bond acceptors (Lipinski definition) is 6. The minimum Gasteiger partial charge on any atom is -0.465 e. The van der Waals surface area contributed by atoms with E-state index in [1.807, 2.05) is 37.3 Å². The Morgan fingerprint density at radius 3 is 2.74 bits per heavy atom.